The van der Waals surface area contributed by atoms with E-state index < -0.39 is 34.9 Å². The van der Waals surface area contributed by atoms with Gasteiger partial charge in [-0.05, 0) is 42.9 Å². The van der Waals surface area contributed by atoms with Crippen LogP contribution in [0.15, 0.2) is 46.7 Å². The van der Waals surface area contributed by atoms with E-state index in [0.29, 0.717) is 4.90 Å². The van der Waals surface area contributed by atoms with Crippen molar-refractivity contribution in [3.05, 3.63) is 59.0 Å². The molecule has 0 saturated carbocycles. The maximum Gasteiger partial charge on any atom is 0.335 e. The van der Waals surface area contributed by atoms with Gasteiger partial charge in [-0.3, -0.25) is 0 Å². The lowest BCUT2D eigenvalue weighted by Crippen LogP contribution is -2.08. The van der Waals surface area contributed by atoms with E-state index in [2.05, 4.69) is 0 Å². The molecule has 122 valence electrons. The smallest absolute Gasteiger partial charge is 0.335 e. The SMILES string of the molecule is CSc1cc(F)c(/C2=C(F)/C=C\C(C(=O)O)=C\CC2C)c(F)c1. The van der Waals surface area contributed by atoms with Gasteiger partial charge in [0.2, 0.25) is 0 Å². The van der Waals surface area contributed by atoms with Gasteiger partial charge in [-0.2, -0.15) is 0 Å². The van der Waals surface area contributed by atoms with E-state index >= 15 is 0 Å². The molecule has 2 rings (SSSR count). The van der Waals surface area contributed by atoms with Crippen LogP contribution in [0, 0.1) is 17.6 Å². The summed E-state index contributed by atoms with van der Waals surface area (Å²) in [5.41, 5.74) is -0.543. The highest BCUT2D eigenvalue weighted by Gasteiger charge is 2.24. The molecule has 1 N–H and O–H groups in total. The van der Waals surface area contributed by atoms with Crippen LogP contribution in [-0.2, 0) is 4.79 Å². The van der Waals surface area contributed by atoms with Crippen LogP contribution in [0.1, 0.15) is 18.9 Å². The molecule has 1 atom stereocenters. The number of allylic oxidation sites excluding steroid dienone is 4. The van der Waals surface area contributed by atoms with Crippen molar-refractivity contribution in [1.29, 1.82) is 0 Å². The molecule has 0 amide bonds. The van der Waals surface area contributed by atoms with Crippen LogP contribution in [0.3, 0.4) is 0 Å². The van der Waals surface area contributed by atoms with Crippen molar-refractivity contribution in [1.82, 2.24) is 0 Å². The number of carboxylic acid groups (broad SMARTS) is 1. The highest BCUT2D eigenvalue weighted by Crippen LogP contribution is 2.37. The summed E-state index contributed by atoms with van der Waals surface area (Å²) in [6.07, 6.45) is 5.30. The van der Waals surface area contributed by atoms with Gasteiger partial charge in [-0.1, -0.05) is 13.0 Å². The fourth-order valence-electron chi connectivity index (χ4n) is 2.43. The Morgan fingerprint density at radius 3 is 2.35 bits per heavy atom. The Morgan fingerprint density at radius 1 is 1.22 bits per heavy atom. The first-order chi connectivity index (χ1) is 10.8. The third-order valence-electron chi connectivity index (χ3n) is 3.62. The average Bonchev–Trinajstić information content (AvgIpc) is 2.48. The van der Waals surface area contributed by atoms with E-state index in [1.165, 1.54) is 17.8 Å². The molecule has 0 fully saturated rings. The van der Waals surface area contributed by atoms with Crippen molar-refractivity contribution >= 4 is 23.3 Å². The van der Waals surface area contributed by atoms with Crippen LogP contribution in [0.25, 0.3) is 5.57 Å². The Hall–Kier alpha value is -1.95. The summed E-state index contributed by atoms with van der Waals surface area (Å²) in [4.78, 5) is 11.4. The Morgan fingerprint density at radius 2 is 1.83 bits per heavy atom. The third-order valence-corrected chi connectivity index (χ3v) is 4.33. The molecule has 1 aliphatic rings. The zero-order valence-electron chi connectivity index (χ0n) is 12.6. The van der Waals surface area contributed by atoms with Gasteiger partial charge in [0.25, 0.3) is 0 Å². The standard InChI is InChI=1S/C17H15F3O2S/c1-9-3-4-10(17(21)22)5-6-12(18)15(9)16-13(19)7-11(23-2)8-14(16)20/h4-9H,3H2,1-2H3,(H,21,22)/b6-5-,10-4-,15-12-. The minimum absolute atomic E-state index is 0.0512. The quantitative estimate of drug-likeness (QED) is 0.789. The van der Waals surface area contributed by atoms with Gasteiger partial charge in [0.15, 0.2) is 0 Å². The Kier molecular flexibility index (Phi) is 5.36. The highest BCUT2D eigenvalue weighted by molar-refractivity contribution is 7.98. The Bertz CT molecular complexity index is 712. The van der Waals surface area contributed by atoms with Gasteiger partial charge in [0, 0.05) is 10.5 Å². The molecule has 0 aromatic heterocycles. The largest absolute Gasteiger partial charge is 0.478 e. The molecule has 0 spiro atoms. The van der Waals surface area contributed by atoms with E-state index in [9.17, 15) is 18.0 Å². The van der Waals surface area contributed by atoms with Crippen molar-refractivity contribution in [3.8, 4) is 0 Å². The normalized spacial score (nSPS) is 25.3. The second-order valence-electron chi connectivity index (χ2n) is 5.16. The van der Waals surface area contributed by atoms with E-state index in [-0.39, 0.29) is 17.6 Å². The fraction of sp³-hybridized carbons (Fsp3) is 0.235. The molecule has 1 aromatic rings. The molecular weight excluding hydrogens is 325 g/mol. The molecule has 0 saturated heterocycles. The second-order valence-corrected chi connectivity index (χ2v) is 6.04. The number of rotatable bonds is 3. The summed E-state index contributed by atoms with van der Waals surface area (Å²) < 4.78 is 43.0. The monoisotopic (exact) mass is 340 g/mol. The molecule has 1 aliphatic carbocycles. The molecule has 0 bridgehead atoms. The predicted molar refractivity (Wildman–Crippen MR) is 84.8 cm³/mol. The Labute approximate surface area is 136 Å². The molecule has 0 heterocycles. The van der Waals surface area contributed by atoms with E-state index in [0.717, 1.165) is 24.3 Å². The van der Waals surface area contributed by atoms with Crippen molar-refractivity contribution in [2.75, 3.05) is 6.26 Å². The number of carbonyl (C=O) groups is 1. The van der Waals surface area contributed by atoms with Crippen LogP contribution in [0.5, 0.6) is 0 Å². The van der Waals surface area contributed by atoms with Gasteiger partial charge in [0.1, 0.15) is 17.5 Å². The minimum atomic E-state index is -1.17. The predicted octanol–water partition coefficient (Wildman–Crippen LogP) is 4.97. The summed E-state index contributed by atoms with van der Waals surface area (Å²) in [7, 11) is 0. The van der Waals surface area contributed by atoms with Crippen LogP contribution in [0.2, 0.25) is 0 Å². The van der Waals surface area contributed by atoms with Crippen molar-refractivity contribution < 1.29 is 23.1 Å². The van der Waals surface area contributed by atoms with Crippen LogP contribution in [-0.4, -0.2) is 17.3 Å². The molecule has 0 aliphatic heterocycles. The summed E-state index contributed by atoms with van der Waals surface area (Å²) >= 11 is 1.19. The number of aliphatic carboxylic acids is 1. The molecule has 1 aromatic carbocycles. The van der Waals surface area contributed by atoms with Crippen molar-refractivity contribution in [2.24, 2.45) is 5.92 Å². The van der Waals surface area contributed by atoms with Gasteiger partial charge >= 0.3 is 5.97 Å². The zero-order chi connectivity index (χ0) is 17.1. The summed E-state index contributed by atoms with van der Waals surface area (Å²) in [6, 6.07) is 2.33. The van der Waals surface area contributed by atoms with E-state index in [1.807, 2.05) is 0 Å². The summed E-state index contributed by atoms with van der Waals surface area (Å²) in [6.45, 7) is 1.60. The Balaban J connectivity index is 2.59. The van der Waals surface area contributed by atoms with E-state index in [4.69, 9.17) is 5.11 Å². The van der Waals surface area contributed by atoms with Crippen molar-refractivity contribution in [3.63, 3.8) is 0 Å². The molecule has 6 heteroatoms. The fourth-order valence-corrected chi connectivity index (χ4v) is 2.87. The number of thioether (sulfide) groups is 1. The summed E-state index contributed by atoms with van der Waals surface area (Å²) in [5.74, 6) is -4.24. The first kappa shape index (κ1) is 17.4. The second kappa shape index (κ2) is 7.08. The van der Waals surface area contributed by atoms with Gasteiger partial charge < -0.3 is 5.11 Å². The molecule has 0 radical (unpaired) electrons. The number of hydrogen-bond donors (Lipinski definition) is 1. The average molecular weight is 340 g/mol. The number of benzene rings is 1. The molecule has 1 unspecified atom stereocenters. The third kappa shape index (κ3) is 3.69. The number of halogens is 3. The van der Waals surface area contributed by atoms with Crippen LogP contribution >= 0.6 is 11.8 Å². The lowest BCUT2D eigenvalue weighted by Gasteiger charge is -2.19. The van der Waals surface area contributed by atoms with E-state index in [1.54, 1.807) is 13.2 Å². The zero-order valence-corrected chi connectivity index (χ0v) is 13.4. The van der Waals surface area contributed by atoms with Crippen LogP contribution in [0.4, 0.5) is 13.2 Å². The molecular formula is C17H15F3O2S. The van der Waals surface area contributed by atoms with Crippen molar-refractivity contribution in [2.45, 2.75) is 18.2 Å². The first-order valence-electron chi connectivity index (χ1n) is 6.89. The van der Waals surface area contributed by atoms with Gasteiger partial charge in [-0.25, -0.2) is 18.0 Å². The van der Waals surface area contributed by atoms with Crippen LogP contribution < -0.4 is 0 Å². The topological polar surface area (TPSA) is 37.3 Å². The molecule has 23 heavy (non-hydrogen) atoms. The highest BCUT2D eigenvalue weighted by atomic mass is 32.2. The summed E-state index contributed by atoms with van der Waals surface area (Å²) in [5, 5.41) is 8.98. The maximum absolute atomic E-state index is 14.4. The lowest BCUT2D eigenvalue weighted by atomic mass is 9.88. The minimum Gasteiger partial charge on any atom is -0.478 e. The van der Waals surface area contributed by atoms with Gasteiger partial charge in [0.05, 0.1) is 11.1 Å². The first-order valence-corrected chi connectivity index (χ1v) is 8.12. The number of carboxylic acids is 1. The molecule has 2 nitrogen and oxygen atoms in total. The lowest BCUT2D eigenvalue weighted by molar-refractivity contribution is -0.132. The maximum atomic E-state index is 14.4. The van der Waals surface area contributed by atoms with Gasteiger partial charge in [-0.15, -0.1) is 11.8 Å². The number of hydrogen-bond acceptors (Lipinski definition) is 2.